The van der Waals surface area contributed by atoms with Crippen molar-refractivity contribution in [3.8, 4) is 0 Å². The number of nitrogens with two attached hydrogens (primary N) is 1. The standard InChI is InChI=1S/C12H17NO/c13-3-12(14)10-5-2-6-8-4(5)1-7(10)9(8)11(6)12/h4-11,14H,1-3,13H2/t4-,5+,6+,7-,8+,9+,10-,11-,12+/m0/s1. The molecule has 5 saturated carbocycles. The van der Waals surface area contributed by atoms with E-state index in [2.05, 4.69) is 0 Å². The van der Waals surface area contributed by atoms with Crippen LogP contribution in [-0.4, -0.2) is 17.3 Å². The molecule has 5 aliphatic rings. The maximum Gasteiger partial charge on any atom is 0.0836 e. The monoisotopic (exact) mass is 191 g/mol. The highest BCUT2D eigenvalue weighted by atomic mass is 16.3. The number of hydrogen-bond acceptors (Lipinski definition) is 2. The SMILES string of the molecule is NC[C@@]1(O)[C@H]2[C@@H]3C[C@@H]4[C@H]5[C@H]3C[C@H]2[C@H]5[C@H]41. The van der Waals surface area contributed by atoms with Gasteiger partial charge in [0.15, 0.2) is 0 Å². The maximum absolute atomic E-state index is 10.7. The topological polar surface area (TPSA) is 46.2 Å². The Labute approximate surface area is 83.9 Å². The fourth-order valence-electron chi connectivity index (χ4n) is 7.00. The second kappa shape index (κ2) is 1.69. The molecule has 0 amide bonds. The Morgan fingerprint density at radius 3 is 2.50 bits per heavy atom. The summed E-state index contributed by atoms with van der Waals surface area (Å²) in [7, 11) is 0. The summed E-state index contributed by atoms with van der Waals surface area (Å²) in [5.74, 6) is 6.82. The van der Waals surface area contributed by atoms with E-state index in [1.54, 1.807) is 0 Å². The van der Waals surface area contributed by atoms with Crippen LogP contribution < -0.4 is 5.73 Å². The Morgan fingerprint density at radius 2 is 1.71 bits per heavy atom. The van der Waals surface area contributed by atoms with Gasteiger partial charge in [-0.2, -0.15) is 0 Å². The van der Waals surface area contributed by atoms with E-state index in [0.717, 1.165) is 35.5 Å². The summed E-state index contributed by atoms with van der Waals surface area (Å²) in [5, 5.41) is 10.7. The van der Waals surface area contributed by atoms with Crippen molar-refractivity contribution in [3.05, 3.63) is 0 Å². The molecule has 14 heavy (non-hydrogen) atoms. The van der Waals surface area contributed by atoms with E-state index in [4.69, 9.17) is 5.73 Å². The molecule has 0 aromatic rings. The van der Waals surface area contributed by atoms with Gasteiger partial charge in [-0.15, -0.1) is 0 Å². The first-order chi connectivity index (χ1) is 6.77. The van der Waals surface area contributed by atoms with Gasteiger partial charge in [0.2, 0.25) is 0 Å². The highest BCUT2D eigenvalue weighted by Gasteiger charge is 2.84. The summed E-state index contributed by atoms with van der Waals surface area (Å²) in [5.41, 5.74) is 5.43. The van der Waals surface area contributed by atoms with E-state index < -0.39 is 5.60 Å². The number of aliphatic hydroxyl groups is 1. The van der Waals surface area contributed by atoms with E-state index in [1.165, 1.54) is 12.8 Å². The van der Waals surface area contributed by atoms with E-state index in [0.29, 0.717) is 18.4 Å². The fourth-order valence-corrected chi connectivity index (χ4v) is 7.00. The molecule has 2 heteroatoms. The van der Waals surface area contributed by atoms with Crippen molar-refractivity contribution >= 4 is 0 Å². The van der Waals surface area contributed by atoms with Crippen LogP contribution in [0.2, 0.25) is 0 Å². The predicted octanol–water partition coefficient (Wildman–Crippen LogP) is 0.454. The van der Waals surface area contributed by atoms with Crippen LogP contribution in [0.5, 0.6) is 0 Å². The van der Waals surface area contributed by atoms with Crippen molar-refractivity contribution in [2.45, 2.75) is 18.4 Å². The predicted molar refractivity (Wildman–Crippen MR) is 51.2 cm³/mol. The molecule has 5 aliphatic carbocycles. The van der Waals surface area contributed by atoms with E-state index >= 15 is 0 Å². The van der Waals surface area contributed by atoms with Gasteiger partial charge in [0.25, 0.3) is 0 Å². The van der Waals surface area contributed by atoms with Crippen LogP contribution in [-0.2, 0) is 0 Å². The van der Waals surface area contributed by atoms with Gasteiger partial charge < -0.3 is 10.8 Å². The smallest absolute Gasteiger partial charge is 0.0836 e. The Morgan fingerprint density at radius 1 is 1.00 bits per heavy atom. The molecular formula is C12H17NO. The summed E-state index contributed by atoms with van der Waals surface area (Å²) in [6, 6.07) is 0. The van der Waals surface area contributed by atoms with Gasteiger partial charge in [0.05, 0.1) is 5.60 Å². The van der Waals surface area contributed by atoms with E-state index in [9.17, 15) is 5.11 Å². The van der Waals surface area contributed by atoms with E-state index in [1.807, 2.05) is 0 Å². The number of fused-ring (bicyclic) bond motifs is 2. The lowest BCUT2D eigenvalue weighted by molar-refractivity contribution is -0.123. The largest absolute Gasteiger partial charge is 0.388 e. The van der Waals surface area contributed by atoms with Gasteiger partial charge in [-0.1, -0.05) is 0 Å². The lowest BCUT2D eigenvalue weighted by atomic mass is 9.56. The molecule has 2 nitrogen and oxygen atoms in total. The van der Waals surface area contributed by atoms with Crippen LogP contribution in [0.3, 0.4) is 0 Å². The molecule has 0 aromatic carbocycles. The third-order valence-corrected chi connectivity index (χ3v) is 6.85. The summed E-state index contributed by atoms with van der Waals surface area (Å²) in [6.45, 7) is 0.530. The average molecular weight is 191 g/mol. The van der Waals surface area contributed by atoms with Crippen molar-refractivity contribution in [2.75, 3.05) is 6.54 Å². The molecule has 2 bridgehead atoms. The first kappa shape index (κ1) is 7.24. The van der Waals surface area contributed by atoms with Gasteiger partial charge in [0.1, 0.15) is 0 Å². The Kier molecular flexibility index (Phi) is 0.875. The molecule has 0 unspecified atom stereocenters. The first-order valence-corrected chi connectivity index (χ1v) is 6.20. The van der Waals surface area contributed by atoms with Crippen molar-refractivity contribution < 1.29 is 5.11 Å². The summed E-state index contributed by atoms with van der Waals surface area (Å²) in [6.07, 6.45) is 2.89. The van der Waals surface area contributed by atoms with Gasteiger partial charge in [-0.3, -0.25) is 0 Å². The lowest BCUT2D eigenvalue weighted by Gasteiger charge is -2.51. The molecule has 5 fully saturated rings. The van der Waals surface area contributed by atoms with Crippen LogP contribution in [0.25, 0.3) is 0 Å². The van der Waals surface area contributed by atoms with Gasteiger partial charge in [-0.25, -0.2) is 0 Å². The zero-order valence-electron chi connectivity index (χ0n) is 8.26. The second-order valence-electron chi connectivity index (χ2n) is 6.53. The van der Waals surface area contributed by atoms with Crippen molar-refractivity contribution in [1.82, 2.24) is 0 Å². The molecule has 0 aliphatic heterocycles. The normalized spacial score (nSPS) is 80.1. The van der Waals surface area contributed by atoms with Crippen LogP contribution in [0, 0.1) is 47.3 Å². The summed E-state index contributed by atoms with van der Waals surface area (Å²) < 4.78 is 0. The number of rotatable bonds is 1. The minimum atomic E-state index is -0.426. The summed E-state index contributed by atoms with van der Waals surface area (Å²) in [4.78, 5) is 0. The minimum Gasteiger partial charge on any atom is -0.388 e. The number of hydrogen-bond donors (Lipinski definition) is 2. The zero-order chi connectivity index (χ0) is 9.24. The third-order valence-electron chi connectivity index (χ3n) is 6.85. The Hall–Kier alpha value is -0.0800. The van der Waals surface area contributed by atoms with Gasteiger partial charge in [-0.05, 0) is 60.2 Å². The molecule has 0 saturated heterocycles. The van der Waals surface area contributed by atoms with Crippen molar-refractivity contribution in [1.29, 1.82) is 0 Å². The van der Waals surface area contributed by atoms with E-state index in [-0.39, 0.29) is 0 Å². The van der Waals surface area contributed by atoms with Crippen LogP contribution in [0.4, 0.5) is 0 Å². The Balaban J connectivity index is 1.79. The van der Waals surface area contributed by atoms with Crippen molar-refractivity contribution in [2.24, 2.45) is 53.1 Å². The van der Waals surface area contributed by atoms with Crippen LogP contribution in [0.15, 0.2) is 0 Å². The molecule has 9 atom stereocenters. The highest BCUT2D eigenvalue weighted by molar-refractivity contribution is 5.32. The molecule has 0 aromatic heterocycles. The minimum absolute atomic E-state index is 0.426. The molecule has 0 spiro atoms. The van der Waals surface area contributed by atoms with Gasteiger partial charge in [0, 0.05) is 6.54 Å². The van der Waals surface area contributed by atoms with Crippen LogP contribution >= 0.6 is 0 Å². The maximum atomic E-state index is 10.7. The Bertz CT molecular complexity index is 337. The molecule has 5 rings (SSSR count). The fraction of sp³-hybridized carbons (Fsp3) is 1.00. The molecule has 76 valence electrons. The highest BCUT2D eigenvalue weighted by Crippen LogP contribution is 2.85. The van der Waals surface area contributed by atoms with Crippen molar-refractivity contribution in [3.63, 3.8) is 0 Å². The van der Waals surface area contributed by atoms with Crippen LogP contribution in [0.1, 0.15) is 12.8 Å². The second-order valence-corrected chi connectivity index (χ2v) is 6.53. The summed E-state index contributed by atoms with van der Waals surface area (Å²) >= 11 is 0. The molecule has 0 heterocycles. The first-order valence-electron chi connectivity index (χ1n) is 6.20. The molecular weight excluding hydrogens is 174 g/mol. The quantitative estimate of drug-likeness (QED) is 0.632. The average Bonchev–Trinajstić information content (AvgIpc) is 2.63. The molecule has 3 N–H and O–H groups in total. The van der Waals surface area contributed by atoms with Gasteiger partial charge >= 0.3 is 0 Å². The molecule has 0 radical (unpaired) electrons. The zero-order valence-corrected chi connectivity index (χ0v) is 8.26. The third kappa shape index (κ3) is 0.409. The lowest BCUT2D eigenvalue weighted by Crippen LogP contribution is -2.57.